The Kier molecular flexibility index (Phi) is 3.82. The highest BCUT2D eigenvalue weighted by Gasteiger charge is 2.07. The van der Waals surface area contributed by atoms with Crippen LogP contribution in [0.3, 0.4) is 0 Å². The Morgan fingerprint density at radius 2 is 2.00 bits per heavy atom. The lowest BCUT2D eigenvalue weighted by atomic mass is 10.0. The van der Waals surface area contributed by atoms with Crippen LogP contribution in [0.2, 0.25) is 0 Å². The van der Waals surface area contributed by atoms with E-state index >= 15 is 0 Å². The summed E-state index contributed by atoms with van der Waals surface area (Å²) in [5.41, 5.74) is 8.47. The van der Waals surface area contributed by atoms with Crippen LogP contribution in [0.15, 0.2) is 42.6 Å². The fraction of sp³-hybridized carbons (Fsp3) is 0.267. The van der Waals surface area contributed by atoms with E-state index in [0.29, 0.717) is 18.2 Å². The van der Waals surface area contributed by atoms with Gasteiger partial charge in [-0.1, -0.05) is 32.0 Å². The second-order valence-electron chi connectivity index (χ2n) is 4.56. The fourth-order valence-corrected chi connectivity index (χ4v) is 1.82. The van der Waals surface area contributed by atoms with Crippen LogP contribution in [0.4, 0.5) is 5.69 Å². The molecule has 0 aliphatic rings. The number of ether oxygens (including phenoxy) is 1. The van der Waals surface area contributed by atoms with Crippen molar-refractivity contribution in [2.45, 2.75) is 26.4 Å². The monoisotopic (exact) mass is 242 g/mol. The third-order valence-electron chi connectivity index (χ3n) is 2.76. The Morgan fingerprint density at radius 3 is 2.72 bits per heavy atom. The van der Waals surface area contributed by atoms with Crippen molar-refractivity contribution in [3.63, 3.8) is 0 Å². The van der Waals surface area contributed by atoms with Crippen molar-refractivity contribution in [1.29, 1.82) is 0 Å². The number of para-hydroxylation sites is 1. The van der Waals surface area contributed by atoms with Crippen molar-refractivity contribution in [3.8, 4) is 5.75 Å². The number of nitrogens with zero attached hydrogens (tertiary/aromatic N) is 1. The maximum atomic E-state index is 5.82. The minimum atomic E-state index is 0.439. The Balaban J connectivity index is 2.11. The van der Waals surface area contributed by atoms with Gasteiger partial charge >= 0.3 is 0 Å². The van der Waals surface area contributed by atoms with Gasteiger partial charge in [-0.25, -0.2) is 0 Å². The fourth-order valence-electron chi connectivity index (χ4n) is 1.82. The van der Waals surface area contributed by atoms with E-state index in [1.807, 2.05) is 24.3 Å². The average Bonchev–Trinajstić information content (AvgIpc) is 2.37. The molecule has 0 fully saturated rings. The molecule has 0 unspecified atom stereocenters. The SMILES string of the molecule is CC(C)c1ccccc1OCc1cc(N)ccn1. The molecule has 2 rings (SSSR count). The molecule has 1 aromatic carbocycles. The van der Waals surface area contributed by atoms with E-state index in [0.717, 1.165) is 11.4 Å². The highest BCUT2D eigenvalue weighted by Crippen LogP contribution is 2.26. The maximum Gasteiger partial charge on any atom is 0.130 e. The lowest BCUT2D eigenvalue weighted by Crippen LogP contribution is -2.02. The van der Waals surface area contributed by atoms with Crippen molar-refractivity contribution < 1.29 is 4.74 Å². The van der Waals surface area contributed by atoms with E-state index in [1.54, 1.807) is 12.3 Å². The largest absolute Gasteiger partial charge is 0.487 e. The van der Waals surface area contributed by atoms with Gasteiger partial charge in [-0.05, 0) is 29.7 Å². The van der Waals surface area contributed by atoms with Crippen LogP contribution in [-0.2, 0) is 6.61 Å². The number of rotatable bonds is 4. The number of nitrogen functional groups attached to an aromatic ring is 1. The minimum absolute atomic E-state index is 0.439. The first-order valence-corrected chi connectivity index (χ1v) is 6.09. The first-order chi connectivity index (χ1) is 8.66. The van der Waals surface area contributed by atoms with Crippen molar-refractivity contribution in [3.05, 3.63) is 53.9 Å². The normalized spacial score (nSPS) is 10.6. The number of anilines is 1. The number of nitrogens with two attached hydrogens (primary N) is 1. The summed E-state index contributed by atoms with van der Waals surface area (Å²) in [6, 6.07) is 11.7. The Labute approximate surface area is 108 Å². The Morgan fingerprint density at radius 1 is 1.22 bits per heavy atom. The molecule has 18 heavy (non-hydrogen) atoms. The molecule has 0 aliphatic carbocycles. The molecule has 0 spiro atoms. The van der Waals surface area contributed by atoms with Gasteiger partial charge in [-0.3, -0.25) is 4.98 Å². The molecule has 94 valence electrons. The van der Waals surface area contributed by atoms with Gasteiger partial charge in [0.05, 0.1) is 5.69 Å². The lowest BCUT2D eigenvalue weighted by molar-refractivity contribution is 0.297. The van der Waals surface area contributed by atoms with Crippen LogP contribution >= 0.6 is 0 Å². The van der Waals surface area contributed by atoms with E-state index in [-0.39, 0.29) is 0 Å². The van der Waals surface area contributed by atoms with Gasteiger partial charge in [0.1, 0.15) is 12.4 Å². The molecule has 0 saturated heterocycles. The Hall–Kier alpha value is -2.03. The summed E-state index contributed by atoms with van der Waals surface area (Å²) in [5, 5.41) is 0. The molecule has 1 heterocycles. The molecule has 3 heteroatoms. The number of benzene rings is 1. The van der Waals surface area contributed by atoms with Crippen LogP contribution in [0.25, 0.3) is 0 Å². The average molecular weight is 242 g/mol. The number of hydrogen-bond acceptors (Lipinski definition) is 3. The van der Waals surface area contributed by atoms with Gasteiger partial charge in [0.25, 0.3) is 0 Å². The minimum Gasteiger partial charge on any atom is -0.487 e. The van der Waals surface area contributed by atoms with E-state index in [2.05, 4.69) is 24.9 Å². The van der Waals surface area contributed by atoms with Gasteiger partial charge in [0, 0.05) is 11.9 Å². The molecule has 1 aromatic heterocycles. The summed E-state index contributed by atoms with van der Waals surface area (Å²) >= 11 is 0. The van der Waals surface area contributed by atoms with Crippen molar-refractivity contribution in [2.75, 3.05) is 5.73 Å². The zero-order chi connectivity index (χ0) is 13.0. The van der Waals surface area contributed by atoms with Crippen LogP contribution in [0.5, 0.6) is 5.75 Å². The summed E-state index contributed by atoms with van der Waals surface area (Å²) in [6.45, 7) is 4.75. The first kappa shape index (κ1) is 12.4. The van der Waals surface area contributed by atoms with Crippen LogP contribution < -0.4 is 10.5 Å². The quantitative estimate of drug-likeness (QED) is 0.894. The van der Waals surface area contributed by atoms with Gasteiger partial charge in [0.2, 0.25) is 0 Å². The second kappa shape index (κ2) is 5.54. The molecular weight excluding hydrogens is 224 g/mol. The second-order valence-corrected chi connectivity index (χ2v) is 4.56. The molecule has 0 radical (unpaired) electrons. The third-order valence-corrected chi connectivity index (χ3v) is 2.76. The summed E-state index contributed by atoms with van der Waals surface area (Å²) < 4.78 is 5.82. The van der Waals surface area contributed by atoms with Crippen molar-refractivity contribution in [2.24, 2.45) is 0 Å². The van der Waals surface area contributed by atoms with E-state index in [4.69, 9.17) is 10.5 Å². The third kappa shape index (κ3) is 3.00. The van der Waals surface area contributed by atoms with E-state index in [9.17, 15) is 0 Å². The van der Waals surface area contributed by atoms with E-state index in [1.165, 1.54) is 5.56 Å². The maximum absolute atomic E-state index is 5.82. The predicted octanol–water partition coefficient (Wildman–Crippen LogP) is 3.37. The number of hydrogen-bond donors (Lipinski definition) is 1. The zero-order valence-electron chi connectivity index (χ0n) is 10.8. The summed E-state index contributed by atoms with van der Waals surface area (Å²) in [6.07, 6.45) is 1.70. The van der Waals surface area contributed by atoms with Gasteiger partial charge in [-0.2, -0.15) is 0 Å². The van der Waals surface area contributed by atoms with Crippen LogP contribution in [0.1, 0.15) is 31.0 Å². The number of pyridine rings is 1. The molecular formula is C15H18N2O. The van der Waals surface area contributed by atoms with Gasteiger partial charge < -0.3 is 10.5 Å². The zero-order valence-corrected chi connectivity index (χ0v) is 10.8. The Bertz CT molecular complexity index is 523. The summed E-state index contributed by atoms with van der Waals surface area (Å²) in [4.78, 5) is 4.22. The first-order valence-electron chi connectivity index (χ1n) is 6.09. The number of aromatic nitrogens is 1. The summed E-state index contributed by atoms with van der Waals surface area (Å²) in [5.74, 6) is 1.35. The molecule has 3 nitrogen and oxygen atoms in total. The van der Waals surface area contributed by atoms with E-state index < -0.39 is 0 Å². The molecule has 0 aliphatic heterocycles. The van der Waals surface area contributed by atoms with Crippen molar-refractivity contribution in [1.82, 2.24) is 4.98 Å². The molecule has 0 amide bonds. The lowest BCUT2D eigenvalue weighted by Gasteiger charge is -2.13. The highest BCUT2D eigenvalue weighted by atomic mass is 16.5. The topological polar surface area (TPSA) is 48.1 Å². The van der Waals surface area contributed by atoms with Crippen LogP contribution in [-0.4, -0.2) is 4.98 Å². The molecule has 0 atom stereocenters. The molecule has 0 bridgehead atoms. The summed E-state index contributed by atoms with van der Waals surface area (Å²) in [7, 11) is 0. The highest BCUT2D eigenvalue weighted by molar-refractivity contribution is 5.38. The van der Waals surface area contributed by atoms with Gasteiger partial charge in [0.15, 0.2) is 0 Å². The van der Waals surface area contributed by atoms with Gasteiger partial charge in [-0.15, -0.1) is 0 Å². The smallest absolute Gasteiger partial charge is 0.130 e. The standard InChI is InChI=1S/C15H18N2O/c1-11(2)14-5-3-4-6-15(14)18-10-13-9-12(16)7-8-17-13/h3-9,11H,10H2,1-2H3,(H2,16,17). The molecule has 2 aromatic rings. The van der Waals surface area contributed by atoms with Crippen molar-refractivity contribution >= 4 is 5.69 Å². The predicted molar refractivity (Wildman–Crippen MR) is 73.5 cm³/mol. The molecule has 0 saturated carbocycles. The van der Waals surface area contributed by atoms with Crippen LogP contribution in [0, 0.1) is 0 Å². The molecule has 2 N–H and O–H groups in total.